The van der Waals surface area contributed by atoms with Gasteiger partial charge in [0.05, 0.1) is 13.2 Å². The van der Waals surface area contributed by atoms with Gasteiger partial charge < -0.3 is 19.9 Å². The van der Waals surface area contributed by atoms with Crippen molar-refractivity contribution in [2.24, 2.45) is 0 Å². The highest BCUT2D eigenvalue weighted by Crippen LogP contribution is 2.21. The number of methoxy groups -OCH3 is 1. The second-order valence-electron chi connectivity index (χ2n) is 5.94. The maximum absolute atomic E-state index is 9.47. The minimum absolute atomic E-state index is 0.277. The van der Waals surface area contributed by atoms with Crippen LogP contribution >= 0.6 is 0 Å². The Bertz CT molecular complexity index is 664. The first-order chi connectivity index (χ1) is 11.7. The Morgan fingerprint density at radius 2 is 1.67 bits per heavy atom. The van der Waals surface area contributed by atoms with Crippen LogP contribution in [0.25, 0.3) is 0 Å². The fourth-order valence-electron chi connectivity index (χ4n) is 2.68. The third kappa shape index (κ3) is 4.52. The van der Waals surface area contributed by atoms with Crippen LogP contribution in [0.1, 0.15) is 18.4 Å². The quantitative estimate of drug-likeness (QED) is 0.794. The molecule has 0 unspecified atom stereocenters. The summed E-state index contributed by atoms with van der Waals surface area (Å²) >= 11 is 0. The monoisotopic (exact) mass is 325 g/mol. The third-order valence-corrected chi connectivity index (χ3v) is 4.11. The largest absolute Gasteiger partial charge is 0.497 e. The Morgan fingerprint density at radius 1 is 0.958 bits per heavy atom. The smallest absolute Gasteiger partial charge is 0.119 e. The number of rotatable bonds is 6. The zero-order chi connectivity index (χ0) is 16.8. The van der Waals surface area contributed by atoms with Gasteiger partial charge >= 0.3 is 0 Å². The second-order valence-corrected chi connectivity index (χ2v) is 5.94. The molecule has 4 nitrogen and oxygen atoms in total. The lowest BCUT2D eigenvalue weighted by molar-refractivity contribution is 0.202. The average molecular weight is 325 g/mol. The van der Waals surface area contributed by atoms with Gasteiger partial charge in [-0.15, -0.1) is 0 Å². The van der Waals surface area contributed by atoms with Crippen LogP contribution < -0.4 is 14.8 Å². The van der Waals surface area contributed by atoms with E-state index in [-0.39, 0.29) is 12.1 Å². The molecule has 2 aromatic carbocycles. The average Bonchev–Trinajstić information content (AvgIpc) is 2.63. The van der Waals surface area contributed by atoms with Crippen molar-refractivity contribution in [3.8, 4) is 11.5 Å². The molecule has 0 heterocycles. The number of hydrogen-bond donors (Lipinski definition) is 2. The Labute approximate surface area is 142 Å². The van der Waals surface area contributed by atoms with Crippen LogP contribution in [-0.4, -0.2) is 24.4 Å². The molecule has 0 spiro atoms. The number of aliphatic hydroxyl groups excluding tert-OH is 1. The molecule has 0 saturated carbocycles. The Hall–Kier alpha value is -2.46. The standard InChI is InChI=1S/C20H23NO3/c1-23-19-10-2-15(3-11-19)14-24-20-12-6-17(7-13-20)21-16-4-8-18(22)9-5-16/h2-4,6-8,10-13,16,18,21-22H,5,9,14H2,1H3/t16-,18+/m1/s1. The topological polar surface area (TPSA) is 50.7 Å². The highest BCUT2D eigenvalue weighted by Gasteiger charge is 2.13. The molecule has 24 heavy (non-hydrogen) atoms. The fourth-order valence-corrected chi connectivity index (χ4v) is 2.68. The van der Waals surface area contributed by atoms with Crippen molar-refractivity contribution in [3.63, 3.8) is 0 Å². The molecule has 2 N–H and O–H groups in total. The SMILES string of the molecule is COc1ccc(COc2ccc(N[C@@H]3C=C[C@H](O)CC3)cc2)cc1. The lowest BCUT2D eigenvalue weighted by Gasteiger charge is -2.21. The van der Waals surface area contributed by atoms with Gasteiger partial charge in [-0.25, -0.2) is 0 Å². The lowest BCUT2D eigenvalue weighted by Crippen LogP contribution is -2.23. The van der Waals surface area contributed by atoms with Crippen molar-refractivity contribution < 1.29 is 14.6 Å². The molecule has 0 aliphatic heterocycles. The van der Waals surface area contributed by atoms with Gasteiger partial charge in [0.1, 0.15) is 18.1 Å². The summed E-state index contributed by atoms with van der Waals surface area (Å²) in [6, 6.07) is 16.1. The van der Waals surface area contributed by atoms with Crippen molar-refractivity contribution >= 4 is 5.69 Å². The van der Waals surface area contributed by atoms with Gasteiger partial charge in [-0.1, -0.05) is 24.3 Å². The first-order valence-corrected chi connectivity index (χ1v) is 8.21. The molecule has 2 aromatic rings. The molecule has 0 radical (unpaired) electrons. The molecule has 3 rings (SSSR count). The third-order valence-electron chi connectivity index (χ3n) is 4.11. The molecule has 0 amide bonds. The highest BCUT2D eigenvalue weighted by molar-refractivity contribution is 5.48. The second kappa shape index (κ2) is 7.88. The zero-order valence-corrected chi connectivity index (χ0v) is 13.8. The predicted molar refractivity (Wildman–Crippen MR) is 95.6 cm³/mol. The lowest BCUT2D eigenvalue weighted by atomic mass is 10.0. The van der Waals surface area contributed by atoms with Crippen LogP contribution in [0.15, 0.2) is 60.7 Å². The van der Waals surface area contributed by atoms with E-state index in [0.717, 1.165) is 35.6 Å². The summed E-state index contributed by atoms with van der Waals surface area (Å²) in [5.41, 5.74) is 2.15. The van der Waals surface area contributed by atoms with E-state index in [1.807, 2.05) is 60.7 Å². The van der Waals surface area contributed by atoms with E-state index in [1.54, 1.807) is 7.11 Å². The minimum Gasteiger partial charge on any atom is -0.497 e. The van der Waals surface area contributed by atoms with Gasteiger partial charge in [0.15, 0.2) is 0 Å². The first kappa shape index (κ1) is 16.4. The van der Waals surface area contributed by atoms with Crippen LogP contribution in [0, 0.1) is 0 Å². The van der Waals surface area contributed by atoms with Gasteiger partial charge in [0, 0.05) is 11.7 Å². The maximum Gasteiger partial charge on any atom is 0.119 e. The number of nitrogens with one attached hydrogen (secondary N) is 1. The minimum atomic E-state index is -0.295. The van der Waals surface area contributed by atoms with Gasteiger partial charge in [-0.3, -0.25) is 0 Å². The summed E-state index contributed by atoms with van der Waals surface area (Å²) in [6.45, 7) is 0.528. The summed E-state index contributed by atoms with van der Waals surface area (Å²) < 4.78 is 11.0. The van der Waals surface area contributed by atoms with Crippen molar-refractivity contribution in [2.75, 3.05) is 12.4 Å². The Kier molecular flexibility index (Phi) is 5.39. The molecular weight excluding hydrogens is 302 g/mol. The first-order valence-electron chi connectivity index (χ1n) is 8.21. The van der Waals surface area contributed by atoms with E-state index in [4.69, 9.17) is 9.47 Å². The fraction of sp³-hybridized carbons (Fsp3) is 0.300. The summed E-state index contributed by atoms with van der Waals surface area (Å²) in [6.07, 6.45) is 5.33. The van der Waals surface area contributed by atoms with Crippen molar-refractivity contribution in [2.45, 2.75) is 31.6 Å². The van der Waals surface area contributed by atoms with Crippen LogP contribution in [0.4, 0.5) is 5.69 Å². The van der Waals surface area contributed by atoms with Gasteiger partial charge in [0.2, 0.25) is 0 Å². The maximum atomic E-state index is 9.47. The molecule has 4 heteroatoms. The zero-order valence-electron chi connectivity index (χ0n) is 13.8. The molecule has 126 valence electrons. The number of aliphatic hydroxyl groups is 1. The van der Waals surface area contributed by atoms with E-state index in [2.05, 4.69) is 5.32 Å². The molecule has 0 bridgehead atoms. The molecule has 0 aromatic heterocycles. The number of hydrogen-bond acceptors (Lipinski definition) is 4. The van der Waals surface area contributed by atoms with Crippen LogP contribution in [0.2, 0.25) is 0 Å². The number of anilines is 1. The van der Waals surface area contributed by atoms with E-state index in [9.17, 15) is 5.11 Å². The predicted octanol–water partition coefficient (Wildman–Crippen LogP) is 3.77. The summed E-state index contributed by atoms with van der Waals surface area (Å²) in [7, 11) is 1.66. The normalized spacial score (nSPS) is 19.8. The number of benzene rings is 2. The van der Waals surface area contributed by atoms with E-state index in [0.29, 0.717) is 6.61 Å². The summed E-state index contributed by atoms with van der Waals surface area (Å²) in [4.78, 5) is 0. The van der Waals surface area contributed by atoms with Crippen molar-refractivity contribution in [3.05, 3.63) is 66.2 Å². The Balaban J connectivity index is 1.51. The highest BCUT2D eigenvalue weighted by atomic mass is 16.5. The summed E-state index contributed by atoms with van der Waals surface area (Å²) in [5.74, 6) is 1.68. The van der Waals surface area contributed by atoms with Crippen molar-refractivity contribution in [1.29, 1.82) is 0 Å². The molecular formula is C20H23NO3. The van der Waals surface area contributed by atoms with Crippen LogP contribution in [0.3, 0.4) is 0 Å². The molecule has 0 saturated heterocycles. The molecule has 1 aliphatic carbocycles. The van der Waals surface area contributed by atoms with Crippen LogP contribution in [0.5, 0.6) is 11.5 Å². The number of ether oxygens (including phenoxy) is 2. The summed E-state index contributed by atoms with van der Waals surface area (Å²) in [5, 5.41) is 12.9. The van der Waals surface area contributed by atoms with Gasteiger partial charge in [-0.05, 0) is 54.8 Å². The van der Waals surface area contributed by atoms with E-state index >= 15 is 0 Å². The van der Waals surface area contributed by atoms with Gasteiger partial charge in [0.25, 0.3) is 0 Å². The van der Waals surface area contributed by atoms with E-state index in [1.165, 1.54) is 0 Å². The van der Waals surface area contributed by atoms with E-state index < -0.39 is 0 Å². The molecule has 0 fully saturated rings. The van der Waals surface area contributed by atoms with Gasteiger partial charge in [-0.2, -0.15) is 0 Å². The Morgan fingerprint density at radius 3 is 2.29 bits per heavy atom. The molecule has 2 atom stereocenters. The molecule has 1 aliphatic rings. The van der Waals surface area contributed by atoms with Crippen LogP contribution in [-0.2, 0) is 6.61 Å². The van der Waals surface area contributed by atoms with Crippen molar-refractivity contribution in [1.82, 2.24) is 0 Å².